The molecule has 1 rings (SSSR count). The maximum atomic E-state index is 10.1. The van der Waals surface area contributed by atoms with Gasteiger partial charge in [0.05, 0.1) is 0 Å². The van der Waals surface area contributed by atoms with Crippen LogP contribution < -0.4 is 0 Å². The zero-order chi connectivity index (χ0) is 8.97. The minimum Gasteiger partial charge on any atom is -0.478 e. The summed E-state index contributed by atoms with van der Waals surface area (Å²) >= 11 is 0. The molecular formula is C9H10O3. The molecule has 0 aromatic carbocycles. The van der Waals surface area contributed by atoms with Gasteiger partial charge in [0.1, 0.15) is 11.5 Å². The monoisotopic (exact) mass is 166 g/mol. The third kappa shape index (κ3) is 2.27. The summed E-state index contributed by atoms with van der Waals surface area (Å²) in [6.07, 6.45) is 3.31. The molecule has 0 aliphatic rings. The van der Waals surface area contributed by atoms with Gasteiger partial charge in [0.2, 0.25) is 0 Å². The molecular weight excluding hydrogens is 156 g/mol. The number of hydrogen-bond acceptors (Lipinski definition) is 2. The van der Waals surface area contributed by atoms with Crippen LogP contribution in [0.25, 0.3) is 6.08 Å². The van der Waals surface area contributed by atoms with E-state index in [1.54, 1.807) is 6.07 Å². The van der Waals surface area contributed by atoms with Crippen molar-refractivity contribution in [1.82, 2.24) is 0 Å². The van der Waals surface area contributed by atoms with E-state index in [1.165, 1.54) is 6.08 Å². The summed E-state index contributed by atoms with van der Waals surface area (Å²) in [4.78, 5) is 10.1. The first-order valence-electron chi connectivity index (χ1n) is 3.72. The molecule has 0 aliphatic heterocycles. The molecule has 1 aromatic heterocycles. The standard InChI is InChI=1S/C9H10O3/c1-2-7-3-4-8(12-7)5-6-9(10)11/h3-6H,2H2,1H3,(H,10,11). The van der Waals surface area contributed by atoms with E-state index in [0.717, 1.165) is 18.3 Å². The Balaban J connectivity index is 2.70. The van der Waals surface area contributed by atoms with Crippen LogP contribution in [-0.4, -0.2) is 11.1 Å². The molecule has 64 valence electrons. The van der Waals surface area contributed by atoms with E-state index < -0.39 is 5.97 Å². The van der Waals surface area contributed by atoms with Gasteiger partial charge < -0.3 is 9.52 Å². The third-order valence-electron chi connectivity index (χ3n) is 1.42. The van der Waals surface area contributed by atoms with E-state index in [1.807, 2.05) is 13.0 Å². The van der Waals surface area contributed by atoms with Crippen molar-refractivity contribution in [3.63, 3.8) is 0 Å². The largest absolute Gasteiger partial charge is 0.478 e. The second-order valence-electron chi connectivity index (χ2n) is 2.33. The first kappa shape index (κ1) is 8.59. The lowest BCUT2D eigenvalue weighted by Gasteiger charge is -1.85. The lowest BCUT2D eigenvalue weighted by Crippen LogP contribution is -1.84. The summed E-state index contributed by atoms with van der Waals surface area (Å²) < 4.78 is 5.23. The van der Waals surface area contributed by atoms with Crippen molar-refractivity contribution in [2.75, 3.05) is 0 Å². The molecule has 0 atom stereocenters. The summed E-state index contributed by atoms with van der Waals surface area (Å²) in [5.41, 5.74) is 0. The highest BCUT2D eigenvalue weighted by Gasteiger charge is 1.96. The van der Waals surface area contributed by atoms with Gasteiger partial charge in [-0.25, -0.2) is 4.79 Å². The van der Waals surface area contributed by atoms with Gasteiger partial charge in [0.25, 0.3) is 0 Å². The van der Waals surface area contributed by atoms with Gasteiger partial charge in [-0.2, -0.15) is 0 Å². The summed E-state index contributed by atoms with van der Waals surface area (Å²) in [5, 5.41) is 8.31. The van der Waals surface area contributed by atoms with Crippen molar-refractivity contribution in [3.05, 3.63) is 29.7 Å². The Morgan fingerprint density at radius 1 is 1.67 bits per heavy atom. The van der Waals surface area contributed by atoms with Crippen molar-refractivity contribution in [2.45, 2.75) is 13.3 Å². The van der Waals surface area contributed by atoms with Gasteiger partial charge in [0.15, 0.2) is 0 Å². The average molecular weight is 166 g/mol. The Morgan fingerprint density at radius 2 is 2.42 bits per heavy atom. The molecule has 3 nitrogen and oxygen atoms in total. The van der Waals surface area contributed by atoms with Gasteiger partial charge in [-0.3, -0.25) is 0 Å². The summed E-state index contributed by atoms with van der Waals surface area (Å²) in [6.45, 7) is 1.98. The molecule has 1 aromatic rings. The fourth-order valence-corrected chi connectivity index (χ4v) is 0.828. The maximum absolute atomic E-state index is 10.1. The lowest BCUT2D eigenvalue weighted by atomic mass is 10.3. The van der Waals surface area contributed by atoms with E-state index >= 15 is 0 Å². The fourth-order valence-electron chi connectivity index (χ4n) is 0.828. The first-order chi connectivity index (χ1) is 5.72. The number of rotatable bonds is 3. The van der Waals surface area contributed by atoms with Crippen molar-refractivity contribution < 1.29 is 14.3 Å². The predicted molar refractivity (Wildman–Crippen MR) is 44.8 cm³/mol. The number of aliphatic carboxylic acids is 1. The smallest absolute Gasteiger partial charge is 0.328 e. The van der Waals surface area contributed by atoms with E-state index in [9.17, 15) is 4.79 Å². The number of carboxylic acids is 1. The molecule has 0 radical (unpaired) electrons. The zero-order valence-corrected chi connectivity index (χ0v) is 6.78. The zero-order valence-electron chi connectivity index (χ0n) is 6.78. The Bertz CT molecular complexity index is 296. The van der Waals surface area contributed by atoms with Crippen molar-refractivity contribution >= 4 is 12.0 Å². The second kappa shape index (κ2) is 3.76. The van der Waals surface area contributed by atoms with Crippen LogP contribution in [-0.2, 0) is 11.2 Å². The van der Waals surface area contributed by atoms with E-state index in [2.05, 4.69) is 0 Å². The summed E-state index contributed by atoms with van der Waals surface area (Å²) in [7, 11) is 0. The van der Waals surface area contributed by atoms with Gasteiger partial charge in [-0.1, -0.05) is 6.92 Å². The highest BCUT2D eigenvalue weighted by molar-refractivity contribution is 5.84. The quantitative estimate of drug-likeness (QED) is 0.698. The number of carbonyl (C=O) groups is 1. The van der Waals surface area contributed by atoms with Crippen LogP contribution in [0.1, 0.15) is 18.4 Å². The van der Waals surface area contributed by atoms with Gasteiger partial charge in [-0.05, 0) is 18.2 Å². The lowest BCUT2D eigenvalue weighted by molar-refractivity contribution is -0.131. The van der Waals surface area contributed by atoms with Crippen LogP contribution in [0.3, 0.4) is 0 Å². The summed E-state index contributed by atoms with van der Waals surface area (Å²) in [6, 6.07) is 3.58. The van der Waals surface area contributed by atoms with Crippen molar-refractivity contribution in [3.8, 4) is 0 Å². The van der Waals surface area contributed by atoms with Crippen LogP contribution >= 0.6 is 0 Å². The Labute approximate surface area is 70.3 Å². The summed E-state index contributed by atoms with van der Waals surface area (Å²) in [5.74, 6) is 0.471. The van der Waals surface area contributed by atoms with E-state index in [0.29, 0.717) is 5.76 Å². The molecule has 0 aliphatic carbocycles. The molecule has 0 spiro atoms. The Hall–Kier alpha value is -1.51. The molecule has 0 saturated carbocycles. The molecule has 0 bridgehead atoms. The number of carboxylic acid groups (broad SMARTS) is 1. The van der Waals surface area contributed by atoms with Crippen LogP contribution in [0.4, 0.5) is 0 Å². The number of aryl methyl sites for hydroxylation is 1. The minimum atomic E-state index is -0.968. The first-order valence-corrected chi connectivity index (χ1v) is 3.72. The molecule has 12 heavy (non-hydrogen) atoms. The highest BCUT2D eigenvalue weighted by atomic mass is 16.4. The van der Waals surface area contributed by atoms with Crippen molar-refractivity contribution in [1.29, 1.82) is 0 Å². The fraction of sp³-hybridized carbons (Fsp3) is 0.222. The van der Waals surface area contributed by atoms with Crippen LogP contribution in [0.15, 0.2) is 22.6 Å². The number of furan rings is 1. The van der Waals surface area contributed by atoms with Crippen LogP contribution in [0, 0.1) is 0 Å². The van der Waals surface area contributed by atoms with Crippen molar-refractivity contribution in [2.24, 2.45) is 0 Å². The van der Waals surface area contributed by atoms with E-state index in [4.69, 9.17) is 9.52 Å². The van der Waals surface area contributed by atoms with E-state index in [-0.39, 0.29) is 0 Å². The van der Waals surface area contributed by atoms with Gasteiger partial charge in [0, 0.05) is 12.5 Å². The molecule has 1 heterocycles. The molecule has 0 saturated heterocycles. The van der Waals surface area contributed by atoms with Crippen LogP contribution in [0.5, 0.6) is 0 Å². The van der Waals surface area contributed by atoms with Gasteiger partial charge in [-0.15, -0.1) is 0 Å². The number of hydrogen-bond donors (Lipinski definition) is 1. The maximum Gasteiger partial charge on any atom is 0.328 e. The SMILES string of the molecule is CCc1ccc(C=CC(=O)O)o1. The normalized spacial score (nSPS) is 10.8. The highest BCUT2D eigenvalue weighted by Crippen LogP contribution is 2.09. The Kier molecular flexibility index (Phi) is 2.69. The molecule has 0 fully saturated rings. The van der Waals surface area contributed by atoms with Gasteiger partial charge >= 0.3 is 5.97 Å². The molecule has 0 unspecified atom stereocenters. The molecule has 3 heteroatoms. The topological polar surface area (TPSA) is 50.4 Å². The minimum absolute atomic E-state index is 0.578. The molecule has 0 amide bonds. The predicted octanol–water partition coefficient (Wildman–Crippen LogP) is 1.94. The molecule has 1 N–H and O–H groups in total. The third-order valence-corrected chi connectivity index (χ3v) is 1.42. The average Bonchev–Trinajstić information content (AvgIpc) is 2.48. The Morgan fingerprint density at radius 3 is 2.92 bits per heavy atom. The van der Waals surface area contributed by atoms with Crippen LogP contribution in [0.2, 0.25) is 0 Å². The second-order valence-corrected chi connectivity index (χ2v) is 2.33.